The van der Waals surface area contributed by atoms with E-state index in [-0.39, 0.29) is 29.4 Å². The van der Waals surface area contributed by atoms with Gasteiger partial charge in [-0.2, -0.15) is 0 Å². The maximum absolute atomic E-state index is 14.9. The summed E-state index contributed by atoms with van der Waals surface area (Å²) in [5.41, 5.74) is 3.58. The third-order valence-corrected chi connectivity index (χ3v) is 9.94. The van der Waals surface area contributed by atoms with Crippen molar-refractivity contribution >= 4 is 23.8 Å². The zero-order valence-corrected chi connectivity index (χ0v) is 30.8. The maximum atomic E-state index is 14.9. The highest BCUT2D eigenvalue weighted by atomic mass is 35.5. The Morgan fingerprint density at radius 1 is 1.08 bits per heavy atom. The quantitative estimate of drug-likeness (QED) is 0.255. The molecule has 1 aliphatic carbocycles. The monoisotopic (exact) mass is 692 g/mol. The van der Waals surface area contributed by atoms with Crippen LogP contribution in [0, 0.1) is 30.4 Å². The van der Waals surface area contributed by atoms with Gasteiger partial charge in [-0.15, -0.1) is 0 Å². The van der Waals surface area contributed by atoms with Gasteiger partial charge in [-0.1, -0.05) is 63.9 Å². The summed E-state index contributed by atoms with van der Waals surface area (Å²) in [7, 11) is 1.00. The average Bonchev–Trinajstić information content (AvgIpc) is 3.78. The highest BCUT2D eigenvalue weighted by molar-refractivity contribution is 6.30. The Kier molecular flexibility index (Phi) is 19.5. The molecule has 2 unspecified atom stereocenters. The van der Waals surface area contributed by atoms with Crippen molar-refractivity contribution in [2.45, 2.75) is 104 Å². The zero-order chi connectivity index (χ0) is 35.6. The number of carbonyl (C=O) groups excluding carboxylic acids is 2. The van der Waals surface area contributed by atoms with Crippen LogP contribution in [0.5, 0.6) is 0 Å². The molecular formula is C39H59ClF2N2O4. The minimum Gasteiger partial charge on any atom is -0.400 e. The lowest BCUT2D eigenvalue weighted by molar-refractivity contribution is -0.136. The molecule has 0 bridgehead atoms. The topological polar surface area (TPSA) is 70.1 Å². The summed E-state index contributed by atoms with van der Waals surface area (Å²) < 4.78 is 33.7. The molecular weight excluding hydrogens is 634 g/mol. The summed E-state index contributed by atoms with van der Waals surface area (Å²) in [4.78, 5) is 27.4. The molecule has 6 nitrogen and oxygen atoms in total. The molecule has 3 atom stereocenters. The highest BCUT2D eigenvalue weighted by Crippen LogP contribution is 2.38. The minimum atomic E-state index is -0.300. The van der Waals surface area contributed by atoms with E-state index in [9.17, 15) is 18.4 Å². The summed E-state index contributed by atoms with van der Waals surface area (Å²) in [6.45, 7) is 14.7. The average molecular weight is 693 g/mol. The lowest BCUT2D eigenvalue weighted by Gasteiger charge is -2.31. The molecule has 2 aromatic carbocycles. The fourth-order valence-electron chi connectivity index (χ4n) is 6.71. The summed E-state index contributed by atoms with van der Waals surface area (Å²) in [5, 5.41) is 7.39. The number of benzene rings is 2. The van der Waals surface area contributed by atoms with Gasteiger partial charge in [0.15, 0.2) is 0 Å². The number of fused-ring (bicyclic) bond motifs is 1. The number of aliphatic hydroxyl groups is 1. The Labute approximate surface area is 293 Å². The molecule has 0 aromatic heterocycles. The molecule has 0 spiro atoms. The van der Waals surface area contributed by atoms with Crippen molar-refractivity contribution in [2.24, 2.45) is 11.8 Å². The van der Waals surface area contributed by atoms with Gasteiger partial charge in [0.25, 0.3) is 0 Å². The summed E-state index contributed by atoms with van der Waals surface area (Å²) >= 11 is 6.01. The number of ether oxygens (including phenoxy) is 1. The molecule has 2 aliphatic heterocycles. The smallest absolute Gasteiger partial charge is 0.227 e. The Hall–Kier alpha value is -2.39. The number of halogens is 3. The lowest BCUT2D eigenvalue weighted by atomic mass is 9.87. The van der Waals surface area contributed by atoms with Gasteiger partial charge in [-0.3, -0.25) is 9.69 Å². The number of aliphatic hydroxyl groups excluding tert-OH is 1. The number of hydrogen-bond acceptors (Lipinski definition) is 5. The number of aldehydes is 1. The van der Waals surface area contributed by atoms with Crippen LogP contribution in [0.4, 0.5) is 8.78 Å². The second-order valence-corrected chi connectivity index (χ2v) is 13.5. The predicted octanol–water partition coefficient (Wildman–Crippen LogP) is 8.17. The molecule has 2 heterocycles. The van der Waals surface area contributed by atoms with Gasteiger partial charge < -0.3 is 19.5 Å². The third-order valence-electron chi connectivity index (χ3n) is 9.70. The minimum absolute atomic E-state index is 0.0278. The van der Waals surface area contributed by atoms with Gasteiger partial charge >= 0.3 is 0 Å². The highest BCUT2D eigenvalue weighted by Gasteiger charge is 2.43. The van der Waals surface area contributed by atoms with E-state index in [0.717, 1.165) is 102 Å². The van der Waals surface area contributed by atoms with E-state index in [1.54, 1.807) is 12.1 Å². The van der Waals surface area contributed by atoms with Crippen molar-refractivity contribution in [1.82, 2.24) is 9.80 Å². The SMILES string of the molecule is CCC=O.CCCN(CCC(C)CC)C(=O)C1CN(C2CCOCC2)C[C@H]1c1ccc(Cl)cc1F.CO.Cc1ccc2c(c1F)CCC2. The number of rotatable bonds is 10. The van der Waals surface area contributed by atoms with Gasteiger partial charge in [0.05, 0.1) is 5.92 Å². The number of amides is 1. The number of hydrogen-bond donors (Lipinski definition) is 1. The number of carbonyl (C=O) groups is 2. The van der Waals surface area contributed by atoms with E-state index < -0.39 is 0 Å². The second kappa shape index (κ2) is 22.4. The fourth-order valence-corrected chi connectivity index (χ4v) is 6.86. The fraction of sp³-hybridized carbons (Fsp3) is 0.641. The molecule has 2 saturated heterocycles. The zero-order valence-electron chi connectivity index (χ0n) is 30.1. The Morgan fingerprint density at radius 3 is 2.38 bits per heavy atom. The largest absolute Gasteiger partial charge is 0.400 e. The summed E-state index contributed by atoms with van der Waals surface area (Å²) in [6, 6.07) is 9.23. The van der Waals surface area contributed by atoms with Gasteiger partial charge in [-0.25, -0.2) is 8.78 Å². The van der Waals surface area contributed by atoms with Gasteiger partial charge in [0.2, 0.25) is 5.91 Å². The Balaban J connectivity index is 0.000000385. The maximum Gasteiger partial charge on any atom is 0.227 e. The van der Waals surface area contributed by atoms with Gasteiger partial charge in [0.1, 0.15) is 17.9 Å². The Morgan fingerprint density at radius 2 is 1.77 bits per heavy atom. The van der Waals surface area contributed by atoms with Crippen LogP contribution < -0.4 is 0 Å². The normalized spacial score (nSPS) is 19.5. The molecule has 2 fully saturated rings. The molecule has 1 N–H and O–H groups in total. The van der Waals surface area contributed by atoms with Gasteiger partial charge in [-0.05, 0) is 92.2 Å². The van der Waals surface area contributed by atoms with Crippen LogP contribution in [0.3, 0.4) is 0 Å². The first-order chi connectivity index (χ1) is 23.1. The molecule has 9 heteroatoms. The first kappa shape index (κ1) is 41.8. The van der Waals surface area contributed by atoms with Crippen molar-refractivity contribution in [2.75, 3.05) is 46.5 Å². The van der Waals surface area contributed by atoms with E-state index in [1.807, 2.05) is 24.8 Å². The van der Waals surface area contributed by atoms with E-state index in [0.29, 0.717) is 42.1 Å². The number of likely N-dealkylation sites (tertiary alicyclic amines) is 1. The van der Waals surface area contributed by atoms with Crippen molar-refractivity contribution in [1.29, 1.82) is 0 Å². The number of nitrogens with zero attached hydrogens (tertiary/aromatic N) is 2. The first-order valence-electron chi connectivity index (χ1n) is 17.9. The van der Waals surface area contributed by atoms with Crippen LogP contribution in [0.15, 0.2) is 30.3 Å². The first-order valence-corrected chi connectivity index (χ1v) is 18.2. The van der Waals surface area contributed by atoms with Crippen LogP contribution in [0.25, 0.3) is 0 Å². The molecule has 5 rings (SSSR count). The van der Waals surface area contributed by atoms with Crippen LogP contribution in [-0.4, -0.2) is 79.6 Å². The Bertz CT molecular complexity index is 1260. The van der Waals surface area contributed by atoms with Crippen molar-refractivity contribution < 1.29 is 28.2 Å². The molecule has 0 saturated carbocycles. The molecule has 0 radical (unpaired) electrons. The standard InChI is InChI=1S/C25H38ClFN2O2.C10H11F.C3H6O.CH4O/c1-4-11-28(12-8-18(3)5-2)25(30)23-17-29(20-9-13-31-14-10-20)16-22(23)21-7-6-19(26)15-24(21)27;1-7-5-6-8-3-2-4-9(8)10(7)11;1-2-3-4;1-2/h6-7,15,18,20,22-23H,4-5,8-14,16-17H2,1-3H3;5-6H,2-4H2,1H3;3H,2H2,1H3;2H,1H3/t18?,22-,23?;;;/m0.../s1. The molecule has 48 heavy (non-hydrogen) atoms. The summed E-state index contributed by atoms with van der Waals surface area (Å²) in [6.07, 6.45) is 9.65. The van der Waals surface area contributed by atoms with Crippen LogP contribution in [-0.2, 0) is 27.2 Å². The van der Waals surface area contributed by atoms with Gasteiger partial charge in [0, 0.05) is 69.9 Å². The van der Waals surface area contributed by atoms with Crippen molar-refractivity contribution in [3.05, 3.63) is 69.2 Å². The third kappa shape index (κ3) is 12.2. The van der Waals surface area contributed by atoms with Crippen LogP contribution >= 0.6 is 11.6 Å². The molecule has 1 amide bonds. The van der Waals surface area contributed by atoms with Crippen LogP contribution in [0.1, 0.15) is 101 Å². The lowest BCUT2D eigenvalue weighted by Crippen LogP contribution is -2.42. The van der Waals surface area contributed by atoms with E-state index >= 15 is 0 Å². The van der Waals surface area contributed by atoms with E-state index in [4.69, 9.17) is 21.4 Å². The number of aryl methyl sites for hydroxylation is 2. The van der Waals surface area contributed by atoms with Crippen LogP contribution in [0.2, 0.25) is 5.02 Å². The second-order valence-electron chi connectivity index (χ2n) is 13.1. The predicted molar refractivity (Wildman–Crippen MR) is 192 cm³/mol. The van der Waals surface area contributed by atoms with Crippen molar-refractivity contribution in [3.63, 3.8) is 0 Å². The van der Waals surface area contributed by atoms with E-state index in [1.165, 1.54) is 11.6 Å². The molecule has 3 aliphatic rings. The molecule has 2 aromatic rings. The molecule has 270 valence electrons. The summed E-state index contributed by atoms with van der Waals surface area (Å²) in [5.74, 6) is 0.140. The van der Waals surface area contributed by atoms with E-state index in [2.05, 4.69) is 31.7 Å². The van der Waals surface area contributed by atoms with Crippen molar-refractivity contribution in [3.8, 4) is 0 Å².